The quantitative estimate of drug-likeness (QED) is 0.780. The molecule has 0 aromatic rings. The Kier molecular flexibility index (Phi) is 4.74. The van der Waals surface area contributed by atoms with Gasteiger partial charge in [0.15, 0.2) is 0 Å². The number of hydrogen-bond acceptors (Lipinski definition) is 3. The first-order valence-electron chi connectivity index (χ1n) is 5.58. The number of nitrogens with two attached hydrogens (primary N) is 1. The van der Waals surface area contributed by atoms with Crippen LogP contribution in [0.1, 0.15) is 27.2 Å². The zero-order valence-corrected chi connectivity index (χ0v) is 10.7. The summed E-state index contributed by atoms with van der Waals surface area (Å²) < 4.78 is 0. The highest BCUT2D eigenvalue weighted by Gasteiger charge is 2.30. The van der Waals surface area contributed by atoms with Crippen molar-refractivity contribution in [1.82, 2.24) is 4.90 Å². The molecular weight excluding hydrogens is 192 g/mol. The Morgan fingerprint density at radius 1 is 1.50 bits per heavy atom. The molecule has 1 heterocycles. The van der Waals surface area contributed by atoms with E-state index in [0.29, 0.717) is 18.0 Å². The number of thioether (sulfide) groups is 1. The summed E-state index contributed by atoms with van der Waals surface area (Å²) >= 11 is 1.95. The molecule has 0 bridgehead atoms. The Balaban J connectivity index is 2.46. The van der Waals surface area contributed by atoms with Crippen LogP contribution in [0.5, 0.6) is 0 Å². The molecule has 2 nitrogen and oxygen atoms in total. The number of rotatable bonds is 3. The van der Waals surface area contributed by atoms with Gasteiger partial charge in [0.1, 0.15) is 0 Å². The van der Waals surface area contributed by atoms with Gasteiger partial charge >= 0.3 is 0 Å². The first kappa shape index (κ1) is 12.3. The maximum atomic E-state index is 6.06. The number of piperidine rings is 1. The fraction of sp³-hybridized carbons (Fsp3) is 1.00. The molecule has 0 aliphatic carbocycles. The standard InChI is InChI=1S/C11H24N2S/c1-8(14-4)7-13-6-5-11(12)9(2)10(13)3/h8-11H,5-7,12H2,1-4H3. The molecule has 0 radical (unpaired) electrons. The van der Waals surface area contributed by atoms with Gasteiger partial charge in [-0.2, -0.15) is 11.8 Å². The minimum absolute atomic E-state index is 0.408. The smallest absolute Gasteiger partial charge is 0.0144 e. The minimum atomic E-state index is 0.408. The molecule has 4 atom stereocenters. The van der Waals surface area contributed by atoms with Gasteiger partial charge in [-0.25, -0.2) is 0 Å². The summed E-state index contributed by atoms with van der Waals surface area (Å²) in [5, 5.41) is 0.735. The molecule has 3 heteroatoms. The van der Waals surface area contributed by atoms with E-state index in [4.69, 9.17) is 5.73 Å². The molecule has 0 aromatic carbocycles. The molecule has 4 unspecified atom stereocenters. The second kappa shape index (κ2) is 5.38. The minimum Gasteiger partial charge on any atom is -0.327 e. The van der Waals surface area contributed by atoms with Crippen LogP contribution >= 0.6 is 11.8 Å². The number of nitrogens with zero attached hydrogens (tertiary/aromatic N) is 1. The van der Waals surface area contributed by atoms with E-state index in [2.05, 4.69) is 31.9 Å². The summed E-state index contributed by atoms with van der Waals surface area (Å²) in [4.78, 5) is 2.59. The fourth-order valence-electron chi connectivity index (χ4n) is 2.13. The van der Waals surface area contributed by atoms with E-state index < -0.39 is 0 Å². The molecule has 1 aliphatic heterocycles. The van der Waals surface area contributed by atoms with Crippen molar-refractivity contribution in [3.63, 3.8) is 0 Å². The monoisotopic (exact) mass is 216 g/mol. The van der Waals surface area contributed by atoms with Gasteiger partial charge in [0, 0.05) is 23.9 Å². The van der Waals surface area contributed by atoms with Crippen LogP contribution in [0.15, 0.2) is 0 Å². The van der Waals surface area contributed by atoms with Crippen molar-refractivity contribution < 1.29 is 0 Å². The van der Waals surface area contributed by atoms with E-state index in [0.717, 1.165) is 11.7 Å². The van der Waals surface area contributed by atoms with Crippen molar-refractivity contribution in [2.75, 3.05) is 19.3 Å². The lowest BCUT2D eigenvalue weighted by Gasteiger charge is -2.42. The summed E-state index contributed by atoms with van der Waals surface area (Å²) in [5.74, 6) is 0.637. The van der Waals surface area contributed by atoms with Crippen molar-refractivity contribution in [3.8, 4) is 0 Å². The topological polar surface area (TPSA) is 29.3 Å². The zero-order chi connectivity index (χ0) is 10.7. The number of likely N-dealkylation sites (tertiary alicyclic amines) is 1. The van der Waals surface area contributed by atoms with Crippen LogP contribution in [0.25, 0.3) is 0 Å². The second-order valence-electron chi connectivity index (χ2n) is 4.59. The highest BCUT2D eigenvalue weighted by Crippen LogP contribution is 2.23. The molecule has 0 aromatic heterocycles. The zero-order valence-electron chi connectivity index (χ0n) is 9.86. The molecule has 84 valence electrons. The van der Waals surface area contributed by atoms with Crippen LogP contribution in [0.3, 0.4) is 0 Å². The van der Waals surface area contributed by atoms with Gasteiger partial charge in [0.05, 0.1) is 0 Å². The largest absolute Gasteiger partial charge is 0.327 e. The molecule has 2 N–H and O–H groups in total. The van der Waals surface area contributed by atoms with Gasteiger partial charge in [-0.05, 0) is 32.1 Å². The molecule has 1 saturated heterocycles. The highest BCUT2D eigenvalue weighted by atomic mass is 32.2. The summed E-state index contributed by atoms with van der Waals surface area (Å²) in [6.45, 7) is 9.29. The summed E-state index contributed by atoms with van der Waals surface area (Å²) in [6.07, 6.45) is 3.35. The van der Waals surface area contributed by atoms with Crippen molar-refractivity contribution in [3.05, 3.63) is 0 Å². The second-order valence-corrected chi connectivity index (χ2v) is 5.87. The Morgan fingerprint density at radius 3 is 2.71 bits per heavy atom. The maximum absolute atomic E-state index is 6.06. The van der Waals surface area contributed by atoms with Crippen LogP contribution in [0.4, 0.5) is 0 Å². The van der Waals surface area contributed by atoms with Crippen LogP contribution in [-0.4, -0.2) is 41.6 Å². The van der Waals surface area contributed by atoms with Gasteiger partial charge in [-0.15, -0.1) is 0 Å². The van der Waals surface area contributed by atoms with Crippen LogP contribution < -0.4 is 5.73 Å². The predicted molar refractivity (Wildman–Crippen MR) is 65.8 cm³/mol. The lowest BCUT2D eigenvalue weighted by molar-refractivity contribution is 0.0996. The van der Waals surface area contributed by atoms with Crippen molar-refractivity contribution >= 4 is 11.8 Å². The fourth-order valence-corrected chi connectivity index (χ4v) is 2.47. The molecule has 0 spiro atoms. The summed E-state index contributed by atoms with van der Waals surface area (Å²) in [6, 6.07) is 1.05. The van der Waals surface area contributed by atoms with E-state index in [1.807, 2.05) is 11.8 Å². The first-order chi connectivity index (χ1) is 6.56. The van der Waals surface area contributed by atoms with Crippen LogP contribution in [0.2, 0.25) is 0 Å². The SMILES string of the molecule is CSC(C)CN1CCC(N)C(C)C1C. The van der Waals surface area contributed by atoms with Gasteiger partial charge in [0.25, 0.3) is 0 Å². The molecule has 1 aliphatic rings. The normalized spacial score (nSPS) is 37.1. The maximum Gasteiger partial charge on any atom is 0.0144 e. The van der Waals surface area contributed by atoms with E-state index >= 15 is 0 Å². The Labute approximate surface area is 92.6 Å². The first-order valence-corrected chi connectivity index (χ1v) is 6.87. The Bertz CT molecular complexity index is 175. The highest BCUT2D eigenvalue weighted by molar-refractivity contribution is 7.99. The number of hydrogen-bond donors (Lipinski definition) is 1. The Morgan fingerprint density at radius 2 is 2.14 bits per heavy atom. The van der Waals surface area contributed by atoms with Crippen molar-refractivity contribution in [2.45, 2.75) is 44.5 Å². The molecular formula is C11H24N2S. The third-order valence-corrected chi connectivity index (χ3v) is 4.61. The van der Waals surface area contributed by atoms with E-state index in [1.165, 1.54) is 13.1 Å². The van der Waals surface area contributed by atoms with E-state index in [9.17, 15) is 0 Å². The van der Waals surface area contributed by atoms with E-state index in [-0.39, 0.29) is 0 Å². The molecule has 0 saturated carbocycles. The van der Waals surface area contributed by atoms with Crippen molar-refractivity contribution in [2.24, 2.45) is 11.7 Å². The molecule has 0 amide bonds. The third kappa shape index (κ3) is 2.88. The van der Waals surface area contributed by atoms with Gasteiger partial charge in [0.2, 0.25) is 0 Å². The molecule has 1 fully saturated rings. The van der Waals surface area contributed by atoms with Gasteiger partial charge in [-0.1, -0.05) is 13.8 Å². The van der Waals surface area contributed by atoms with Crippen LogP contribution in [-0.2, 0) is 0 Å². The predicted octanol–water partition coefficient (Wildman–Crippen LogP) is 1.80. The van der Waals surface area contributed by atoms with Gasteiger partial charge < -0.3 is 5.73 Å². The molecule has 1 rings (SSSR count). The average molecular weight is 216 g/mol. The molecule has 14 heavy (non-hydrogen) atoms. The van der Waals surface area contributed by atoms with Crippen LogP contribution in [0, 0.1) is 5.92 Å². The van der Waals surface area contributed by atoms with E-state index in [1.54, 1.807) is 0 Å². The lowest BCUT2D eigenvalue weighted by Crippen LogP contribution is -2.52. The van der Waals surface area contributed by atoms with Gasteiger partial charge in [-0.3, -0.25) is 4.90 Å². The average Bonchev–Trinajstić information content (AvgIpc) is 2.19. The summed E-state index contributed by atoms with van der Waals surface area (Å²) in [7, 11) is 0. The summed E-state index contributed by atoms with van der Waals surface area (Å²) in [5.41, 5.74) is 6.06. The Hall–Kier alpha value is 0.270. The van der Waals surface area contributed by atoms with Crippen molar-refractivity contribution in [1.29, 1.82) is 0 Å². The lowest BCUT2D eigenvalue weighted by atomic mass is 9.87. The third-order valence-electron chi connectivity index (χ3n) is 3.66.